The molecule has 1 atom stereocenters. The number of rotatable bonds is 9. The molecule has 34 heavy (non-hydrogen) atoms. The van der Waals surface area contributed by atoms with Crippen molar-refractivity contribution in [2.45, 2.75) is 45.3 Å². The van der Waals surface area contributed by atoms with E-state index in [-0.39, 0.29) is 30.8 Å². The van der Waals surface area contributed by atoms with Gasteiger partial charge in [0.05, 0.1) is 6.42 Å². The molecule has 0 aliphatic carbocycles. The Hall–Kier alpha value is -2.34. The zero-order valence-corrected chi connectivity index (χ0v) is 22.2. The number of hydrogen-bond donors (Lipinski definition) is 1. The van der Waals surface area contributed by atoms with Crippen LogP contribution in [0.2, 0.25) is 10.0 Å². The van der Waals surface area contributed by atoms with Gasteiger partial charge in [-0.15, -0.1) is 0 Å². The fourth-order valence-corrected chi connectivity index (χ4v) is 4.70. The van der Waals surface area contributed by atoms with Crippen molar-refractivity contribution in [2.75, 3.05) is 0 Å². The van der Waals surface area contributed by atoms with Crippen molar-refractivity contribution in [3.8, 4) is 0 Å². The predicted molar refractivity (Wildman–Crippen MR) is 142 cm³/mol. The number of carbonyl (C=O) groups is 2. The molecule has 0 radical (unpaired) electrons. The fraction of sp³-hybridized carbons (Fsp3) is 0.259. The lowest BCUT2D eigenvalue weighted by Gasteiger charge is -2.32. The lowest BCUT2D eigenvalue weighted by atomic mass is 10.0. The van der Waals surface area contributed by atoms with Gasteiger partial charge in [0, 0.05) is 33.5 Å². The summed E-state index contributed by atoms with van der Waals surface area (Å²) in [5, 5.41) is 3.84. The molecule has 0 heterocycles. The van der Waals surface area contributed by atoms with Gasteiger partial charge in [-0.2, -0.15) is 0 Å². The second-order valence-electron chi connectivity index (χ2n) is 8.40. The highest BCUT2D eigenvalue weighted by Gasteiger charge is 2.31. The Balaban J connectivity index is 2.01. The Morgan fingerprint density at radius 2 is 1.53 bits per heavy atom. The van der Waals surface area contributed by atoms with Crippen molar-refractivity contribution in [3.05, 3.63) is 104 Å². The molecule has 2 amide bonds. The molecule has 178 valence electrons. The molecule has 0 saturated carbocycles. The van der Waals surface area contributed by atoms with E-state index in [1.54, 1.807) is 23.1 Å². The van der Waals surface area contributed by atoms with Gasteiger partial charge < -0.3 is 10.2 Å². The second-order valence-corrected chi connectivity index (χ2v) is 10.1. The van der Waals surface area contributed by atoms with Gasteiger partial charge in [0.2, 0.25) is 11.8 Å². The first-order valence-corrected chi connectivity index (χ1v) is 12.6. The van der Waals surface area contributed by atoms with E-state index >= 15 is 0 Å². The second kappa shape index (κ2) is 12.4. The van der Waals surface area contributed by atoms with Crippen LogP contribution in [0.4, 0.5) is 0 Å². The highest BCUT2D eigenvalue weighted by atomic mass is 79.9. The van der Waals surface area contributed by atoms with Crippen molar-refractivity contribution < 1.29 is 9.59 Å². The standard InChI is InChI=1S/C27H27BrCl2N2O2/c1-18(2)31-27(34)25(15-19-8-4-3-5-9-19)32(17-20-10-6-11-21(28)14-20)26(33)16-22-23(29)12-7-13-24(22)30/h3-14,18,25H,15-17H2,1-2H3,(H,31,34). The third-order valence-electron chi connectivity index (χ3n) is 5.33. The summed E-state index contributed by atoms with van der Waals surface area (Å²) in [6, 6.07) is 21.8. The monoisotopic (exact) mass is 560 g/mol. The molecule has 0 aromatic heterocycles. The molecule has 1 N–H and O–H groups in total. The highest BCUT2D eigenvalue weighted by Crippen LogP contribution is 2.26. The van der Waals surface area contributed by atoms with E-state index in [0.29, 0.717) is 22.0 Å². The zero-order valence-electron chi connectivity index (χ0n) is 19.1. The van der Waals surface area contributed by atoms with Crippen LogP contribution in [0, 0.1) is 0 Å². The van der Waals surface area contributed by atoms with E-state index in [1.165, 1.54) is 0 Å². The third-order valence-corrected chi connectivity index (χ3v) is 6.54. The summed E-state index contributed by atoms with van der Waals surface area (Å²) in [6.45, 7) is 4.08. The summed E-state index contributed by atoms with van der Waals surface area (Å²) in [5.74, 6) is -0.428. The zero-order chi connectivity index (χ0) is 24.7. The predicted octanol–water partition coefficient (Wildman–Crippen LogP) is 6.46. The normalized spacial score (nSPS) is 11.8. The van der Waals surface area contributed by atoms with Crippen LogP contribution in [-0.4, -0.2) is 28.8 Å². The van der Waals surface area contributed by atoms with Crippen molar-refractivity contribution in [2.24, 2.45) is 0 Å². The summed E-state index contributed by atoms with van der Waals surface area (Å²) < 4.78 is 0.901. The first kappa shape index (κ1) is 26.3. The number of nitrogens with zero attached hydrogens (tertiary/aromatic N) is 1. The number of amides is 2. The molecule has 0 aliphatic rings. The van der Waals surface area contributed by atoms with Crippen LogP contribution in [0.15, 0.2) is 77.3 Å². The SMILES string of the molecule is CC(C)NC(=O)C(Cc1ccccc1)N(Cc1cccc(Br)c1)C(=O)Cc1c(Cl)cccc1Cl. The fourth-order valence-electron chi connectivity index (χ4n) is 3.72. The van der Waals surface area contributed by atoms with E-state index in [4.69, 9.17) is 23.2 Å². The molecule has 3 aromatic carbocycles. The molecular weight excluding hydrogens is 535 g/mol. The first-order chi connectivity index (χ1) is 16.2. The Bertz CT molecular complexity index is 1120. The topological polar surface area (TPSA) is 49.4 Å². The lowest BCUT2D eigenvalue weighted by molar-refractivity contribution is -0.141. The van der Waals surface area contributed by atoms with Crippen molar-refractivity contribution in [3.63, 3.8) is 0 Å². The molecule has 0 fully saturated rings. The van der Waals surface area contributed by atoms with Gasteiger partial charge in [0.15, 0.2) is 0 Å². The van der Waals surface area contributed by atoms with Crippen LogP contribution < -0.4 is 5.32 Å². The van der Waals surface area contributed by atoms with E-state index in [1.807, 2.05) is 68.4 Å². The Morgan fingerprint density at radius 3 is 2.15 bits per heavy atom. The first-order valence-electron chi connectivity index (χ1n) is 11.1. The van der Waals surface area contributed by atoms with Crippen molar-refractivity contribution in [1.29, 1.82) is 0 Å². The van der Waals surface area contributed by atoms with Crippen LogP contribution in [0.25, 0.3) is 0 Å². The van der Waals surface area contributed by atoms with Crippen LogP contribution in [0.1, 0.15) is 30.5 Å². The maximum Gasteiger partial charge on any atom is 0.243 e. The maximum atomic E-state index is 13.7. The molecule has 3 rings (SSSR count). The van der Waals surface area contributed by atoms with Gasteiger partial charge in [-0.1, -0.05) is 87.7 Å². The molecule has 0 spiro atoms. The van der Waals surface area contributed by atoms with Gasteiger partial charge >= 0.3 is 0 Å². The Kier molecular flexibility index (Phi) is 9.57. The van der Waals surface area contributed by atoms with Gasteiger partial charge in [0.25, 0.3) is 0 Å². The minimum atomic E-state index is -0.711. The van der Waals surface area contributed by atoms with Gasteiger partial charge in [0.1, 0.15) is 6.04 Å². The van der Waals surface area contributed by atoms with E-state index in [2.05, 4.69) is 21.2 Å². The Morgan fingerprint density at radius 1 is 0.912 bits per heavy atom. The van der Waals surface area contributed by atoms with Gasteiger partial charge in [-0.3, -0.25) is 9.59 Å². The summed E-state index contributed by atoms with van der Waals surface area (Å²) in [6.07, 6.45) is 0.377. The molecular formula is C27H27BrCl2N2O2. The summed E-state index contributed by atoms with van der Waals surface area (Å²) in [7, 11) is 0. The molecule has 3 aromatic rings. The number of carbonyl (C=O) groups excluding carboxylic acids is 2. The minimum Gasteiger partial charge on any atom is -0.352 e. The average molecular weight is 562 g/mol. The maximum absolute atomic E-state index is 13.7. The average Bonchev–Trinajstić information content (AvgIpc) is 2.79. The molecule has 1 unspecified atom stereocenters. The van der Waals surface area contributed by atoms with Crippen LogP contribution in [0.5, 0.6) is 0 Å². The van der Waals surface area contributed by atoms with Crippen molar-refractivity contribution >= 4 is 50.9 Å². The van der Waals surface area contributed by atoms with E-state index in [0.717, 1.165) is 15.6 Å². The third kappa shape index (κ3) is 7.33. The molecule has 0 aliphatic heterocycles. The summed E-state index contributed by atoms with van der Waals surface area (Å²) >= 11 is 16.2. The molecule has 4 nitrogen and oxygen atoms in total. The van der Waals surface area contributed by atoms with Gasteiger partial charge in [-0.05, 0) is 54.8 Å². The number of nitrogens with one attached hydrogen (secondary N) is 1. The Labute approximate surface area is 219 Å². The lowest BCUT2D eigenvalue weighted by Crippen LogP contribution is -2.52. The summed E-state index contributed by atoms with van der Waals surface area (Å²) in [4.78, 5) is 28.8. The van der Waals surface area contributed by atoms with Crippen LogP contribution >= 0.6 is 39.1 Å². The number of halogens is 3. The largest absolute Gasteiger partial charge is 0.352 e. The smallest absolute Gasteiger partial charge is 0.243 e. The number of hydrogen-bond acceptors (Lipinski definition) is 2. The molecule has 7 heteroatoms. The number of benzene rings is 3. The van der Waals surface area contributed by atoms with Crippen molar-refractivity contribution in [1.82, 2.24) is 10.2 Å². The molecule has 0 bridgehead atoms. The van der Waals surface area contributed by atoms with Crippen LogP contribution in [0.3, 0.4) is 0 Å². The van der Waals surface area contributed by atoms with Crippen LogP contribution in [-0.2, 0) is 29.0 Å². The summed E-state index contributed by atoms with van der Waals surface area (Å²) in [5.41, 5.74) is 2.43. The van der Waals surface area contributed by atoms with E-state index in [9.17, 15) is 9.59 Å². The quantitative estimate of drug-likeness (QED) is 0.326. The van der Waals surface area contributed by atoms with Gasteiger partial charge in [-0.25, -0.2) is 0 Å². The van der Waals surface area contributed by atoms with E-state index < -0.39 is 6.04 Å². The highest BCUT2D eigenvalue weighted by molar-refractivity contribution is 9.10. The minimum absolute atomic E-state index is 0.00718. The molecule has 0 saturated heterocycles.